The summed E-state index contributed by atoms with van der Waals surface area (Å²) in [4.78, 5) is 21.4. The van der Waals surface area contributed by atoms with E-state index in [1.807, 2.05) is 5.32 Å². The summed E-state index contributed by atoms with van der Waals surface area (Å²) in [6, 6.07) is 3.94. The standard InChI is InChI=1S/C9H9Cl2N3O2/c10-6-2-1-5(3-7(6)11)13-4-8(15)14-9(12)16/h1-3,13H,4H2,(H3,12,14,15,16). The summed E-state index contributed by atoms with van der Waals surface area (Å²) >= 11 is 11.5. The van der Waals surface area contributed by atoms with Crippen LogP contribution in [-0.4, -0.2) is 18.5 Å². The van der Waals surface area contributed by atoms with Crippen molar-refractivity contribution in [2.24, 2.45) is 5.73 Å². The molecule has 16 heavy (non-hydrogen) atoms. The summed E-state index contributed by atoms with van der Waals surface area (Å²) in [7, 11) is 0. The molecule has 7 heteroatoms. The largest absolute Gasteiger partial charge is 0.376 e. The van der Waals surface area contributed by atoms with Gasteiger partial charge in [-0.25, -0.2) is 4.79 Å². The van der Waals surface area contributed by atoms with Gasteiger partial charge < -0.3 is 11.1 Å². The third-order valence-electron chi connectivity index (χ3n) is 1.64. The van der Waals surface area contributed by atoms with Crippen LogP contribution in [0.3, 0.4) is 0 Å². The van der Waals surface area contributed by atoms with Gasteiger partial charge in [0.15, 0.2) is 0 Å². The number of nitrogens with two attached hydrogens (primary N) is 1. The summed E-state index contributed by atoms with van der Waals surface area (Å²) in [6.45, 7) is -0.0824. The Hall–Kier alpha value is -1.46. The number of urea groups is 1. The Morgan fingerprint density at radius 3 is 2.50 bits per heavy atom. The minimum Gasteiger partial charge on any atom is -0.376 e. The molecular formula is C9H9Cl2N3O2. The molecule has 1 rings (SSSR count). The molecule has 1 aromatic rings. The number of carbonyl (C=O) groups is 2. The van der Waals surface area contributed by atoms with E-state index >= 15 is 0 Å². The number of hydrogen-bond donors (Lipinski definition) is 3. The fourth-order valence-corrected chi connectivity index (χ4v) is 1.27. The third kappa shape index (κ3) is 3.96. The Morgan fingerprint density at radius 1 is 1.25 bits per heavy atom. The summed E-state index contributed by atoms with van der Waals surface area (Å²) in [5.74, 6) is -0.529. The molecule has 5 nitrogen and oxygen atoms in total. The monoisotopic (exact) mass is 261 g/mol. The maximum Gasteiger partial charge on any atom is 0.318 e. The third-order valence-corrected chi connectivity index (χ3v) is 2.37. The second-order valence-electron chi connectivity index (χ2n) is 2.89. The van der Waals surface area contributed by atoms with Gasteiger partial charge in [-0.05, 0) is 18.2 Å². The van der Waals surface area contributed by atoms with Gasteiger partial charge >= 0.3 is 6.03 Å². The van der Waals surface area contributed by atoms with E-state index in [1.54, 1.807) is 18.2 Å². The average Bonchev–Trinajstić information content (AvgIpc) is 2.19. The minimum atomic E-state index is -0.888. The van der Waals surface area contributed by atoms with Crippen LogP contribution in [0.1, 0.15) is 0 Å². The van der Waals surface area contributed by atoms with Gasteiger partial charge in [-0.15, -0.1) is 0 Å². The number of carbonyl (C=O) groups excluding carboxylic acids is 2. The number of benzene rings is 1. The van der Waals surface area contributed by atoms with Gasteiger partial charge in [0, 0.05) is 5.69 Å². The number of amides is 3. The van der Waals surface area contributed by atoms with Crippen molar-refractivity contribution in [1.82, 2.24) is 5.32 Å². The van der Waals surface area contributed by atoms with Crippen LogP contribution < -0.4 is 16.4 Å². The molecule has 0 saturated carbocycles. The summed E-state index contributed by atoms with van der Waals surface area (Å²) in [5, 5.41) is 5.47. The molecule has 1 aromatic carbocycles. The maximum atomic E-state index is 11.0. The van der Waals surface area contributed by atoms with Crippen LogP contribution in [0.5, 0.6) is 0 Å². The van der Waals surface area contributed by atoms with E-state index in [9.17, 15) is 9.59 Å². The van der Waals surface area contributed by atoms with E-state index in [0.29, 0.717) is 15.7 Å². The number of nitrogens with one attached hydrogen (secondary N) is 2. The highest BCUT2D eigenvalue weighted by molar-refractivity contribution is 6.42. The molecule has 0 spiro atoms. The van der Waals surface area contributed by atoms with E-state index in [1.165, 1.54) is 0 Å². The zero-order valence-corrected chi connectivity index (χ0v) is 9.60. The molecule has 0 aliphatic heterocycles. The van der Waals surface area contributed by atoms with Gasteiger partial charge in [-0.3, -0.25) is 10.1 Å². The van der Waals surface area contributed by atoms with Crippen LogP contribution in [-0.2, 0) is 4.79 Å². The number of hydrogen-bond acceptors (Lipinski definition) is 3. The second-order valence-corrected chi connectivity index (χ2v) is 3.71. The lowest BCUT2D eigenvalue weighted by molar-refractivity contribution is -0.118. The first-order chi connectivity index (χ1) is 7.49. The molecule has 0 unspecified atom stereocenters. The van der Waals surface area contributed by atoms with Gasteiger partial charge in [0.1, 0.15) is 0 Å². The molecule has 0 aromatic heterocycles. The summed E-state index contributed by atoms with van der Waals surface area (Å²) < 4.78 is 0. The lowest BCUT2D eigenvalue weighted by Crippen LogP contribution is -2.38. The molecular weight excluding hydrogens is 253 g/mol. The van der Waals surface area contributed by atoms with Crippen molar-refractivity contribution in [2.75, 3.05) is 11.9 Å². The van der Waals surface area contributed by atoms with Crippen molar-refractivity contribution < 1.29 is 9.59 Å². The van der Waals surface area contributed by atoms with Gasteiger partial charge in [0.25, 0.3) is 0 Å². The highest BCUT2D eigenvalue weighted by atomic mass is 35.5. The molecule has 0 radical (unpaired) electrons. The topological polar surface area (TPSA) is 84.2 Å². The molecule has 0 fully saturated rings. The minimum absolute atomic E-state index is 0.0824. The fourth-order valence-electron chi connectivity index (χ4n) is 0.970. The first-order valence-electron chi connectivity index (χ1n) is 4.27. The fraction of sp³-hybridized carbons (Fsp3) is 0.111. The first kappa shape index (κ1) is 12.6. The molecule has 0 aliphatic carbocycles. The Balaban J connectivity index is 2.51. The normalized spacial score (nSPS) is 9.62. The molecule has 4 N–H and O–H groups in total. The lowest BCUT2D eigenvalue weighted by atomic mass is 10.3. The Kier molecular flexibility index (Phi) is 4.39. The van der Waals surface area contributed by atoms with Crippen molar-refractivity contribution in [1.29, 1.82) is 0 Å². The quantitative estimate of drug-likeness (QED) is 0.773. The lowest BCUT2D eigenvalue weighted by Gasteiger charge is -2.06. The van der Waals surface area contributed by atoms with Crippen LogP contribution in [0, 0.1) is 0 Å². The summed E-state index contributed by atoms with van der Waals surface area (Å²) in [6.07, 6.45) is 0. The van der Waals surface area contributed by atoms with Gasteiger partial charge in [-0.2, -0.15) is 0 Å². The predicted molar refractivity (Wildman–Crippen MR) is 62.7 cm³/mol. The Morgan fingerprint density at radius 2 is 1.94 bits per heavy atom. The molecule has 86 valence electrons. The van der Waals surface area contributed by atoms with Crippen LogP contribution in [0.25, 0.3) is 0 Å². The number of rotatable bonds is 3. The number of imide groups is 1. The van der Waals surface area contributed by atoms with Crippen LogP contribution >= 0.6 is 23.2 Å². The first-order valence-corrected chi connectivity index (χ1v) is 5.03. The van der Waals surface area contributed by atoms with E-state index in [4.69, 9.17) is 28.9 Å². The zero-order chi connectivity index (χ0) is 12.1. The number of anilines is 1. The van der Waals surface area contributed by atoms with Crippen molar-refractivity contribution in [3.05, 3.63) is 28.2 Å². The van der Waals surface area contributed by atoms with Crippen molar-refractivity contribution in [3.8, 4) is 0 Å². The Bertz CT molecular complexity index is 423. The van der Waals surface area contributed by atoms with Crippen molar-refractivity contribution in [3.63, 3.8) is 0 Å². The molecule has 0 aliphatic rings. The highest BCUT2D eigenvalue weighted by Gasteiger charge is 2.04. The average molecular weight is 262 g/mol. The number of primary amides is 1. The molecule has 0 heterocycles. The molecule has 3 amide bonds. The van der Waals surface area contributed by atoms with Crippen molar-refractivity contribution >= 4 is 40.8 Å². The second kappa shape index (κ2) is 5.58. The summed E-state index contributed by atoms with van der Waals surface area (Å²) in [5.41, 5.74) is 5.39. The zero-order valence-electron chi connectivity index (χ0n) is 8.09. The predicted octanol–water partition coefficient (Wildman–Crippen LogP) is 1.60. The van der Waals surface area contributed by atoms with Crippen LogP contribution in [0.2, 0.25) is 10.0 Å². The Labute approximate surface area is 102 Å². The van der Waals surface area contributed by atoms with E-state index < -0.39 is 11.9 Å². The molecule has 0 atom stereocenters. The van der Waals surface area contributed by atoms with E-state index in [2.05, 4.69) is 5.32 Å². The smallest absolute Gasteiger partial charge is 0.318 e. The van der Waals surface area contributed by atoms with Gasteiger partial charge in [-0.1, -0.05) is 23.2 Å². The van der Waals surface area contributed by atoms with Crippen LogP contribution in [0.15, 0.2) is 18.2 Å². The highest BCUT2D eigenvalue weighted by Crippen LogP contribution is 2.24. The van der Waals surface area contributed by atoms with Gasteiger partial charge in [0.2, 0.25) is 5.91 Å². The van der Waals surface area contributed by atoms with E-state index in [-0.39, 0.29) is 6.54 Å². The molecule has 0 bridgehead atoms. The van der Waals surface area contributed by atoms with Crippen LogP contribution in [0.4, 0.5) is 10.5 Å². The van der Waals surface area contributed by atoms with Crippen molar-refractivity contribution in [2.45, 2.75) is 0 Å². The van der Waals surface area contributed by atoms with E-state index in [0.717, 1.165) is 0 Å². The SMILES string of the molecule is NC(=O)NC(=O)CNc1ccc(Cl)c(Cl)c1. The molecule has 0 saturated heterocycles. The maximum absolute atomic E-state index is 11.0. The number of halogens is 2. The van der Waals surface area contributed by atoms with Gasteiger partial charge in [0.05, 0.1) is 16.6 Å².